The predicted molar refractivity (Wildman–Crippen MR) is 95.2 cm³/mol. The van der Waals surface area contributed by atoms with Crippen LogP contribution in [0.15, 0.2) is 24.5 Å². The van der Waals surface area contributed by atoms with Crippen LogP contribution in [0.1, 0.15) is 19.8 Å². The first-order valence-electron chi connectivity index (χ1n) is 8.16. The van der Waals surface area contributed by atoms with Crippen molar-refractivity contribution in [3.63, 3.8) is 0 Å². The highest BCUT2D eigenvalue weighted by Gasteiger charge is 2.23. The maximum absolute atomic E-state index is 6.12. The van der Waals surface area contributed by atoms with Crippen molar-refractivity contribution in [2.45, 2.75) is 25.8 Å². The molecule has 1 fully saturated rings. The molecule has 0 unspecified atom stereocenters. The van der Waals surface area contributed by atoms with Gasteiger partial charge < -0.3 is 10.3 Å². The van der Waals surface area contributed by atoms with Crippen LogP contribution in [-0.2, 0) is 0 Å². The number of halogens is 1. The normalized spacial score (nSPS) is 19.0. The van der Waals surface area contributed by atoms with Crippen LogP contribution in [0, 0.1) is 0 Å². The highest BCUT2D eigenvalue weighted by Crippen LogP contribution is 2.29. The van der Waals surface area contributed by atoms with Crippen LogP contribution < -0.4 is 5.32 Å². The Hall–Kier alpha value is -1.85. The van der Waals surface area contributed by atoms with Gasteiger partial charge in [0.05, 0.1) is 0 Å². The number of benzene rings is 1. The number of likely N-dealkylation sites (tertiary alicyclic amines) is 1. The minimum Gasteiger partial charge on any atom is -0.367 e. The van der Waals surface area contributed by atoms with Gasteiger partial charge in [-0.25, -0.2) is 9.97 Å². The topological polar surface area (TPSA) is 56.8 Å². The van der Waals surface area contributed by atoms with Crippen molar-refractivity contribution in [3.05, 3.63) is 29.5 Å². The van der Waals surface area contributed by atoms with E-state index in [0.717, 1.165) is 45.9 Å². The molecule has 0 amide bonds. The molecule has 1 atom stereocenters. The first-order chi connectivity index (χ1) is 11.3. The van der Waals surface area contributed by atoms with Gasteiger partial charge in [0.2, 0.25) is 0 Å². The summed E-state index contributed by atoms with van der Waals surface area (Å²) in [5.41, 5.74) is 2.90. The highest BCUT2D eigenvalue weighted by molar-refractivity contribution is 6.31. The van der Waals surface area contributed by atoms with Crippen molar-refractivity contribution in [1.82, 2.24) is 19.9 Å². The largest absolute Gasteiger partial charge is 0.367 e. The molecule has 3 aromatic rings. The van der Waals surface area contributed by atoms with E-state index in [1.807, 2.05) is 18.2 Å². The Bertz CT molecular complexity index is 843. The summed E-state index contributed by atoms with van der Waals surface area (Å²) in [6.07, 6.45) is 4.15. The Balaban J connectivity index is 1.66. The third-order valence-electron chi connectivity index (χ3n) is 4.75. The molecule has 1 aliphatic heterocycles. The zero-order valence-corrected chi connectivity index (χ0v) is 13.9. The van der Waals surface area contributed by atoms with Gasteiger partial charge in [0.1, 0.15) is 17.4 Å². The number of fused-ring (bicyclic) bond motifs is 3. The van der Waals surface area contributed by atoms with Gasteiger partial charge in [0.25, 0.3) is 0 Å². The Kier molecular flexibility index (Phi) is 3.83. The van der Waals surface area contributed by atoms with E-state index < -0.39 is 0 Å². The molecule has 5 nitrogen and oxygen atoms in total. The van der Waals surface area contributed by atoms with Crippen LogP contribution in [-0.4, -0.2) is 45.5 Å². The number of nitrogens with zero attached hydrogens (tertiary/aromatic N) is 3. The minimum absolute atomic E-state index is 0.587. The van der Waals surface area contributed by atoms with E-state index in [9.17, 15) is 0 Å². The molecular weight excluding hydrogens is 310 g/mol. The molecule has 6 heteroatoms. The molecule has 0 spiro atoms. The van der Waals surface area contributed by atoms with Crippen LogP contribution in [0.25, 0.3) is 21.9 Å². The Labute approximate surface area is 140 Å². The van der Waals surface area contributed by atoms with E-state index >= 15 is 0 Å². The van der Waals surface area contributed by atoms with E-state index in [1.54, 1.807) is 6.33 Å². The van der Waals surface area contributed by atoms with Crippen LogP contribution in [0.2, 0.25) is 5.02 Å². The van der Waals surface area contributed by atoms with Crippen molar-refractivity contribution in [1.29, 1.82) is 0 Å². The number of anilines is 1. The molecule has 0 radical (unpaired) electrons. The second-order valence-electron chi connectivity index (χ2n) is 6.07. The standard InChI is InChI=1S/C17H20ClN5/c1-2-23-7-3-4-12(23)9-19-17-16-15(20-10-21-17)13-8-11(18)5-6-14(13)22-16/h5-6,8,10,12,22H,2-4,7,9H2,1H3,(H,19,20,21)/t12-/m0/s1. The molecule has 23 heavy (non-hydrogen) atoms. The second-order valence-corrected chi connectivity index (χ2v) is 6.50. The first kappa shape index (κ1) is 14.7. The molecule has 120 valence electrons. The summed E-state index contributed by atoms with van der Waals surface area (Å²) in [5.74, 6) is 0.866. The van der Waals surface area contributed by atoms with Gasteiger partial charge in [-0.05, 0) is 44.1 Å². The molecule has 0 saturated carbocycles. The predicted octanol–water partition coefficient (Wildman–Crippen LogP) is 3.66. The fourth-order valence-electron chi connectivity index (χ4n) is 3.56. The quantitative estimate of drug-likeness (QED) is 0.767. The van der Waals surface area contributed by atoms with Crippen LogP contribution >= 0.6 is 11.6 Å². The van der Waals surface area contributed by atoms with E-state index in [-0.39, 0.29) is 0 Å². The highest BCUT2D eigenvalue weighted by atomic mass is 35.5. The number of aromatic nitrogens is 3. The smallest absolute Gasteiger partial charge is 0.153 e. The zero-order valence-electron chi connectivity index (χ0n) is 13.1. The molecule has 0 aliphatic carbocycles. The van der Waals surface area contributed by atoms with E-state index in [2.05, 4.69) is 32.1 Å². The van der Waals surface area contributed by atoms with Gasteiger partial charge in [-0.1, -0.05) is 18.5 Å². The average molecular weight is 330 g/mol. The summed E-state index contributed by atoms with van der Waals surface area (Å²) in [6.45, 7) is 5.45. The Morgan fingerprint density at radius 3 is 3.17 bits per heavy atom. The van der Waals surface area contributed by atoms with Gasteiger partial charge in [-0.3, -0.25) is 4.90 Å². The Morgan fingerprint density at radius 2 is 2.30 bits per heavy atom. The second kappa shape index (κ2) is 5.98. The fourth-order valence-corrected chi connectivity index (χ4v) is 3.73. The third-order valence-corrected chi connectivity index (χ3v) is 4.99. The number of H-pyrrole nitrogens is 1. The van der Waals surface area contributed by atoms with Crippen LogP contribution in [0.3, 0.4) is 0 Å². The summed E-state index contributed by atoms with van der Waals surface area (Å²) in [7, 11) is 0. The number of hydrogen-bond acceptors (Lipinski definition) is 4. The van der Waals surface area contributed by atoms with Crippen LogP contribution in [0.4, 0.5) is 5.82 Å². The summed E-state index contributed by atoms with van der Waals surface area (Å²) in [5, 5.41) is 5.27. The Morgan fingerprint density at radius 1 is 1.39 bits per heavy atom. The van der Waals surface area contributed by atoms with E-state index in [1.165, 1.54) is 19.4 Å². The number of hydrogen-bond donors (Lipinski definition) is 2. The minimum atomic E-state index is 0.587. The first-order valence-corrected chi connectivity index (χ1v) is 8.54. The molecule has 1 saturated heterocycles. The maximum Gasteiger partial charge on any atom is 0.153 e. The molecule has 3 heterocycles. The lowest BCUT2D eigenvalue weighted by Crippen LogP contribution is -2.34. The van der Waals surface area contributed by atoms with Gasteiger partial charge in [-0.2, -0.15) is 0 Å². The molecule has 1 aromatic carbocycles. The molecule has 0 bridgehead atoms. The summed E-state index contributed by atoms with van der Waals surface area (Å²) < 4.78 is 0. The summed E-state index contributed by atoms with van der Waals surface area (Å²) in [4.78, 5) is 14.8. The molecular formula is C17H20ClN5. The fraction of sp³-hybridized carbons (Fsp3) is 0.412. The summed E-state index contributed by atoms with van der Waals surface area (Å²) >= 11 is 6.12. The average Bonchev–Trinajstić information content (AvgIpc) is 3.16. The van der Waals surface area contributed by atoms with Gasteiger partial charge in [0, 0.05) is 28.5 Å². The van der Waals surface area contributed by atoms with Crippen LogP contribution in [0.5, 0.6) is 0 Å². The number of nitrogens with one attached hydrogen (secondary N) is 2. The van der Waals surface area contributed by atoms with Crippen molar-refractivity contribution < 1.29 is 0 Å². The van der Waals surface area contributed by atoms with Gasteiger partial charge >= 0.3 is 0 Å². The number of rotatable bonds is 4. The lowest BCUT2D eigenvalue weighted by Gasteiger charge is -2.23. The molecule has 2 N–H and O–H groups in total. The van der Waals surface area contributed by atoms with Gasteiger partial charge in [-0.15, -0.1) is 0 Å². The SMILES string of the molecule is CCN1CCC[C@H]1CNc1ncnc2c1[nH]c1ccc(Cl)cc12. The van der Waals surface area contributed by atoms with Crippen molar-refractivity contribution in [2.75, 3.05) is 25.0 Å². The molecule has 1 aliphatic rings. The van der Waals surface area contributed by atoms with E-state index in [0.29, 0.717) is 6.04 Å². The lowest BCUT2D eigenvalue weighted by molar-refractivity contribution is 0.277. The molecule has 2 aromatic heterocycles. The third kappa shape index (κ3) is 2.64. The van der Waals surface area contributed by atoms with Gasteiger partial charge in [0.15, 0.2) is 5.82 Å². The summed E-state index contributed by atoms with van der Waals surface area (Å²) in [6, 6.07) is 6.40. The van der Waals surface area contributed by atoms with E-state index in [4.69, 9.17) is 11.6 Å². The van der Waals surface area contributed by atoms with Crippen molar-refractivity contribution in [2.24, 2.45) is 0 Å². The number of aromatic amines is 1. The maximum atomic E-state index is 6.12. The van der Waals surface area contributed by atoms with Crippen molar-refractivity contribution in [3.8, 4) is 0 Å². The molecule has 4 rings (SSSR count). The lowest BCUT2D eigenvalue weighted by atomic mass is 10.2. The van der Waals surface area contributed by atoms with Crippen molar-refractivity contribution >= 4 is 39.4 Å². The zero-order chi connectivity index (χ0) is 15.8. The monoisotopic (exact) mass is 329 g/mol. The number of likely N-dealkylation sites (N-methyl/N-ethyl adjacent to an activating group) is 1.